The van der Waals surface area contributed by atoms with Crippen molar-refractivity contribution >= 4 is 105 Å². The number of amides is 1. The van der Waals surface area contributed by atoms with E-state index in [4.69, 9.17) is 97.6 Å². The van der Waals surface area contributed by atoms with Crippen LogP contribution in [0.3, 0.4) is 0 Å². The first kappa shape index (κ1) is 140. The molecule has 0 radical (unpaired) electrons. The van der Waals surface area contributed by atoms with Gasteiger partial charge in [0.25, 0.3) is 38.0 Å². The SMILES string of the molecule is CC(C)(C)CC(=O)O.CC(C)(C)CP(=O)(O)O.CC(C)(C)CS(=O)(=O)O.CC(C)(C)OC(=O)C(=O)O.CC(C)(C)OC(C(=O)O)C(=O)O.CC(C)(C)OCC(=O)C(=O)O.CC(C)(C)OCC(=O)NS(C)(=O)=O.CC(C)(C)OCC(=O)O.CC(C)(C)OCP(=O)(O)O.CC(C)(C)OCS(=O)(=O)O.CC(C)(C)[N+](C)(C)C.CC(OC(C)(C)C)C(=O)O. The molecule has 718 valence electrons. The summed E-state index contributed by atoms with van der Waals surface area (Å²) >= 11 is 0. The largest absolute Gasteiger partial charge is 0.481 e. The Kier molecular flexibility index (Phi) is 68.0. The van der Waals surface area contributed by atoms with Crippen LogP contribution in [0.4, 0.5) is 0 Å². The van der Waals surface area contributed by atoms with Crippen molar-refractivity contribution in [2.45, 2.75) is 325 Å². The first-order chi connectivity index (χ1) is 50.7. The predicted octanol–water partition coefficient (Wildman–Crippen LogP) is 9.96. The molecule has 14 N–H and O–H groups in total. The van der Waals surface area contributed by atoms with Gasteiger partial charge in [-0.1, -0.05) is 62.3 Å². The maximum absolute atomic E-state index is 10.9. The van der Waals surface area contributed by atoms with Gasteiger partial charge in [-0.2, -0.15) is 16.8 Å². The van der Waals surface area contributed by atoms with Crippen molar-refractivity contribution in [3.8, 4) is 0 Å². The van der Waals surface area contributed by atoms with E-state index in [-0.39, 0.29) is 65.6 Å². The number of carboxylic acids is 7. The second kappa shape index (κ2) is 58.0. The zero-order valence-electron chi connectivity index (χ0n) is 78.3. The quantitative estimate of drug-likeness (QED) is 0.0134. The number of hydrogen-bond donors (Lipinski definition) is 14. The van der Waals surface area contributed by atoms with Crippen LogP contribution in [0.15, 0.2) is 0 Å². The number of nitrogens with one attached hydrogen (secondary N) is 1. The molecule has 0 saturated carbocycles. The van der Waals surface area contributed by atoms with Crippen LogP contribution < -0.4 is 4.72 Å². The molecule has 0 heterocycles. The van der Waals surface area contributed by atoms with Crippen molar-refractivity contribution in [3.05, 3.63) is 0 Å². The maximum Gasteiger partial charge on any atom is 0.417 e. The highest BCUT2D eigenvalue weighted by molar-refractivity contribution is 7.89. The Morgan fingerprint density at radius 3 is 0.824 bits per heavy atom. The second-order valence-electron chi connectivity index (χ2n) is 38.9. The van der Waals surface area contributed by atoms with E-state index in [2.05, 4.69) is 46.7 Å². The highest BCUT2D eigenvalue weighted by Gasteiger charge is 2.32. The number of aliphatic carboxylic acids is 7. The minimum absolute atomic E-state index is 0.0417. The molecule has 0 aliphatic carbocycles. The molecule has 0 spiro atoms. The molecule has 0 aromatic rings. The van der Waals surface area contributed by atoms with Crippen LogP contribution in [0.25, 0.3) is 0 Å². The monoisotopic (exact) mass is 1840 g/mol. The molecule has 0 saturated heterocycles. The molecular formula is C73H155N2O39P2S3+. The van der Waals surface area contributed by atoms with Crippen molar-refractivity contribution in [3.63, 3.8) is 0 Å². The number of carboxylic acid groups (broad SMARTS) is 7. The number of nitrogens with zero attached hydrogens (tertiary/aromatic N) is 1. The lowest BCUT2D eigenvalue weighted by molar-refractivity contribution is -0.917. The van der Waals surface area contributed by atoms with Crippen molar-refractivity contribution in [1.82, 2.24) is 4.72 Å². The van der Waals surface area contributed by atoms with Crippen molar-refractivity contribution in [2.75, 3.05) is 71.4 Å². The summed E-state index contributed by atoms with van der Waals surface area (Å²) in [6.07, 6.45) is -1.89. The van der Waals surface area contributed by atoms with E-state index in [0.29, 0.717) is 5.54 Å². The second-order valence-corrected chi connectivity index (χ2v) is 46.8. The smallest absolute Gasteiger partial charge is 0.417 e. The summed E-state index contributed by atoms with van der Waals surface area (Å²) in [5.41, 5.74) is -4.50. The fourth-order valence-electron chi connectivity index (χ4n) is 4.75. The first-order valence-electron chi connectivity index (χ1n) is 35.9. The summed E-state index contributed by atoms with van der Waals surface area (Å²) < 4.78 is 141. The number of hydrogen-bond acceptors (Lipinski definition) is 26. The summed E-state index contributed by atoms with van der Waals surface area (Å²) in [5, 5.41) is 57.8. The standard InChI is InChI=1S/C7H15NO4S.C7H18N.C7H12O5.C7H12O4.C7H14O3.C6H10O4.C6H12O3.C6H12O2.C5H13O4P.C5H12O4S.C5H13O3P.C5H12O3S/c1-7(2,3)12-5-6(9)8-13(4,10)11;1-7(2,3)8(4,5)6;1-7(2,3)12-4(5(8)9)6(10)11;1-7(2,3)11-4-5(8)6(9)10;1-5(6(8)9)10-7(2,3)4;1-6(2,3)10-5(9)4(7)8;1-6(2,3)9-4-5(7)8;1-6(2,3)4-5(7)8;2*1-5(2,3)9-4-10(6,7)8;2*1-5(2,3)4-9(6,7)8/h5H2,1-4H3,(H,8,9);1-6H3;4H,1-3H3,(H,8,9)(H,10,11);4H2,1-3H3,(H,9,10);5H,1-4H3,(H,8,9);1-3H3,(H,7,8);4H2,1-3H3,(H,7,8);4H2,1-3H3,(H,7,8);4H2,1-3H3,(H2,6,7,8);4H2,1-3H3,(H,6,7,8);4H2,1-3H3,(H2,6,7,8);4H2,1-3H3,(H,6,7,8)/q;+1;;;;;;;;;;. The van der Waals surface area contributed by atoms with Gasteiger partial charge in [0.2, 0.25) is 10.0 Å². The topological polar surface area (TPSA) is 656 Å². The molecule has 0 aliphatic heterocycles. The molecule has 0 bridgehead atoms. The predicted molar refractivity (Wildman–Crippen MR) is 448 cm³/mol. The third-order valence-corrected chi connectivity index (χ3v) is 14.2. The third kappa shape index (κ3) is 161. The maximum atomic E-state index is 10.9. The van der Waals surface area contributed by atoms with Gasteiger partial charge < -0.3 is 97.7 Å². The van der Waals surface area contributed by atoms with Gasteiger partial charge in [0, 0.05) is 0 Å². The van der Waals surface area contributed by atoms with Gasteiger partial charge in [-0.05, 0) is 210 Å². The van der Waals surface area contributed by atoms with Gasteiger partial charge in [0.1, 0.15) is 31.8 Å². The number of esters is 1. The molecule has 1 atom stereocenters. The van der Waals surface area contributed by atoms with Crippen LogP contribution in [0.2, 0.25) is 0 Å². The summed E-state index contributed by atoms with van der Waals surface area (Å²) in [6.45, 7) is 65.2. The van der Waals surface area contributed by atoms with Gasteiger partial charge in [-0.3, -0.25) is 37.3 Å². The average molecular weight is 1840 g/mol. The third-order valence-electron chi connectivity index (χ3n) is 10.1. The van der Waals surface area contributed by atoms with Gasteiger partial charge in [0.15, 0.2) is 12.0 Å². The van der Waals surface area contributed by atoms with Crippen LogP contribution in [0.5, 0.6) is 0 Å². The average Bonchev–Trinajstić information content (AvgIpc) is 0.873. The van der Waals surface area contributed by atoms with E-state index in [0.717, 1.165) is 10.7 Å². The Morgan fingerprint density at radius 1 is 0.395 bits per heavy atom. The van der Waals surface area contributed by atoms with E-state index in [1.165, 1.54) is 6.92 Å². The van der Waals surface area contributed by atoms with Gasteiger partial charge in [0.05, 0.1) is 90.5 Å². The minimum Gasteiger partial charge on any atom is -0.481 e. The number of carbonyl (C=O) groups is 10. The Hall–Kier alpha value is -5.35. The fraction of sp³-hybridized carbons (Fsp3) is 0.863. The molecule has 0 aromatic heterocycles. The van der Waals surface area contributed by atoms with Crippen LogP contribution in [0, 0.1) is 16.2 Å². The molecule has 0 aromatic carbocycles. The number of rotatable bonds is 20. The molecule has 41 nitrogen and oxygen atoms in total. The van der Waals surface area contributed by atoms with Gasteiger partial charge in [-0.25, -0.2) is 42.0 Å². The number of carbonyl (C=O) groups excluding carboxylic acids is 3. The lowest BCUT2D eigenvalue weighted by Gasteiger charge is -2.38. The van der Waals surface area contributed by atoms with Crippen LogP contribution in [0.1, 0.15) is 263 Å². The summed E-state index contributed by atoms with van der Waals surface area (Å²) in [6, 6.07) is 0. The fourth-order valence-corrected chi connectivity index (χ4v) is 8.61. The van der Waals surface area contributed by atoms with E-state index in [9.17, 15) is 82.3 Å². The van der Waals surface area contributed by atoms with Crippen LogP contribution >= 0.6 is 15.2 Å². The Morgan fingerprint density at radius 2 is 0.714 bits per heavy atom. The number of ether oxygens (including phenoxy) is 8. The molecule has 0 fully saturated rings. The summed E-state index contributed by atoms with van der Waals surface area (Å²) in [4.78, 5) is 136. The first-order valence-corrected chi connectivity index (χ1v) is 44.6. The van der Waals surface area contributed by atoms with E-state index in [1.807, 2.05) is 62.3 Å². The number of Topliss-reactive ketones (excluding diaryl/α,β-unsaturated/α-hetero) is 1. The van der Waals surface area contributed by atoms with E-state index in [1.54, 1.807) is 171 Å². The number of sulfonamides is 1. The molecule has 1 unspecified atom stereocenters. The van der Waals surface area contributed by atoms with Crippen molar-refractivity contribution in [2.24, 2.45) is 16.2 Å². The molecule has 46 heteroatoms. The summed E-state index contributed by atoms with van der Waals surface area (Å²) in [5.74, 6) is -12.2. The molecule has 0 aliphatic rings. The Balaban J connectivity index is -0.000000105. The normalized spacial score (nSPS) is 12.7. The summed E-state index contributed by atoms with van der Waals surface area (Å²) in [7, 11) is -12.4. The Bertz CT molecular complexity index is 3400. The van der Waals surface area contributed by atoms with Crippen molar-refractivity contribution in [1.29, 1.82) is 0 Å². The molecule has 119 heavy (non-hydrogen) atoms. The number of ketones is 1. The zero-order valence-corrected chi connectivity index (χ0v) is 82.5. The van der Waals surface area contributed by atoms with Crippen LogP contribution in [-0.2, 0) is 125 Å². The highest BCUT2D eigenvalue weighted by Crippen LogP contribution is 2.41. The van der Waals surface area contributed by atoms with Crippen molar-refractivity contribution < 1.29 is 189 Å². The van der Waals surface area contributed by atoms with Gasteiger partial charge >= 0.3 is 62.9 Å². The van der Waals surface area contributed by atoms with Gasteiger partial charge in [-0.15, -0.1) is 0 Å². The van der Waals surface area contributed by atoms with E-state index >= 15 is 0 Å². The lowest BCUT2D eigenvalue weighted by Crippen LogP contribution is -2.50. The minimum atomic E-state index is -3.98. The molecule has 0 rings (SSSR count). The number of quaternary nitrogens is 1. The highest BCUT2D eigenvalue weighted by atomic mass is 32.2. The lowest BCUT2D eigenvalue weighted by atomic mass is 9.93. The van der Waals surface area contributed by atoms with E-state index < -0.39 is 163 Å². The zero-order chi connectivity index (χ0) is 99.9. The van der Waals surface area contributed by atoms with Crippen LogP contribution in [-0.4, -0.2) is 288 Å². The Labute approximate surface area is 708 Å². The molecular weight excluding hydrogens is 1690 g/mol. The molecule has 1 amide bonds.